The molecule has 0 aliphatic rings. The van der Waals surface area contributed by atoms with Crippen LogP contribution in [-0.4, -0.2) is 29.9 Å². The number of amides is 1. The van der Waals surface area contributed by atoms with Crippen molar-refractivity contribution in [2.75, 3.05) is 12.9 Å². The number of hydrogen-bond acceptors (Lipinski definition) is 3. The van der Waals surface area contributed by atoms with Gasteiger partial charge in [0.25, 0.3) is 5.91 Å². The summed E-state index contributed by atoms with van der Waals surface area (Å²) in [6, 6.07) is 13.6. The average molecular weight is 333 g/mol. The van der Waals surface area contributed by atoms with Crippen LogP contribution in [0.3, 0.4) is 0 Å². The molecular weight excluding hydrogens is 313 g/mol. The Kier molecular flexibility index (Phi) is 6.62. The SMILES string of the molecule is CSCc1cc(C(=O)NC(CO)Cc2ccccc2)ccc1F. The minimum absolute atomic E-state index is 0.153. The molecule has 0 fully saturated rings. The highest BCUT2D eigenvalue weighted by atomic mass is 32.2. The smallest absolute Gasteiger partial charge is 0.251 e. The van der Waals surface area contributed by atoms with Crippen molar-refractivity contribution in [3.63, 3.8) is 0 Å². The predicted molar refractivity (Wildman–Crippen MR) is 92.1 cm³/mol. The van der Waals surface area contributed by atoms with Gasteiger partial charge in [0.05, 0.1) is 12.6 Å². The maximum atomic E-state index is 13.7. The first kappa shape index (κ1) is 17.5. The molecule has 0 radical (unpaired) electrons. The van der Waals surface area contributed by atoms with Gasteiger partial charge >= 0.3 is 0 Å². The molecule has 2 aromatic carbocycles. The van der Waals surface area contributed by atoms with E-state index in [1.807, 2.05) is 36.6 Å². The van der Waals surface area contributed by atoms with E-state index < -0.39 is 0 Å². The van der Waals surface area contributed by atoms with Crippen LogP contribution >= 0.6 is 11.8 Å². The molecule has 2 aromatic rings. The summed E-state index contributed by atoms with van der Waals surface area (Å²) in [7, 11) is 0. The number of nitrogens with one attached hydrogen (secondary N) is 1. The number of carbonyl (C=O) groups is 1. The highest BCUT2D eigenvalue weighted by molar-refractivity contribution is 7.97. The number of carbonyl (C=O) groups excluding carboxylic acids is 1. The van der Waals surface area contributed by atoms with Gasteiger partial charge in [0, 0.05) is 11.3 Å². The maximum absolute atomic E-state index is 13.7. The lowest BCUT2D eigenvalue weighted by molar-refractivity contribution is 0.0916. The molecule has 3 nitrogen and oxygen atoms in total. The summed E-state index contributed by atoms with van der Waals surface area (Å²) in [5.41, 5.74) is 1.95. The lowest BCUT2D eigenvalue weighted by Gasteiger charge is -2.17. The molecule has 2 rings (SSSR count). The molecule has 1 atom stereocenters. The Balaban J connectivity index is 2.06. The van der Waals surface area contributed by atoms with Crippen LogP contribution < -0.4 is 5.32 Å². The van der Waals surface area contributed by atoms with Crippen molar-refractivity contribution in [1.82, 2.24) is 5.32 Å². The maximum Gasteiger partial charge on any atom is 0.251 e. The molecule has 23 heavy (non-hydrogen) atoms. The van der Waals surface area contributed by atoms with E-state index in [1.54, 1.807) is 6.07 Å². The standard InChI is InChI=1S/C18H20FNO2S/c1-23-12-15-10-14(7-8-17(15)19)18(22)20-16(11-21)9-13-5-3-2-4-6-13/h2-8,10,16,21H,9,11-12H2,1H3,(H,20,22). The van der Waals surface area contributed by atoms with E-state index in [0.717, 1.165) is 5.56 Å². The topological polar surface area (TPSA) is 49.3 Å². The summed E-state index contributed by atoms with van der Waals surface area (Å²) in [5, 5.41) is 12.3. The summed E-state index contributed by atoms with van der Waals surface area (Å²) in [6.45, 7) is -0.153. The molecule has 0 bridgehead atoms. The third-order valence-corrected chi connectivity index (χ3v) is 4.09. The second kappa shape index (κ2) is 8.70. The van der Waals surface area contributed by atoms with Gasteiger partial charge in [0.2, 0.25) is 0 Å². The summed E-state index contributed by atoms with van der Waals surface area (Å²) >= 11 is 1.50. The van der Waals surface area contributed by atoms with Crippen molar-refractivity contribution < 1.29 is 14.3 Å². The van der Waals surface area contributed by atoms with E-state index in [9.17, 15) is 14.3 Å². The van der Waals surface area contributed by atoms with E-state index >= 15 is 0 Å². The molecule has 2 N–H and O–H groups in total. The van der Waals surface area contributed by atoms with Crippen LogP contribution in [0.1, 0.15) is 21.5 Å². The summed E-state index contributed by atoms with van der Waals surface area (Å²) in [4.78, 5) is 12.3. The molecule has 0 aliphatic heterocycles. The minimum atomic E-state index is -0.376. The van der Waals surface area contributed by atoms with Crippen LogP contribution in [0.2, 0.25) is 0 Å². The zero-order chi connectivity index (χ0) is 16.7. The van der Waals surface area contributed by atoms with Crippen LogP contribution in [-0.2, 0) is 12.2 Å². The van der Waals surface area contributed by atoms with Crippen LogP contribution in [0.25, 0.3) is 0 Å². The number of benzene rings is 2. The Hall–Kier alpha value is -1.85. The fourth-order valence-corrected chi connectivity index (χ4v) is 2.84. The first-order valence-electron chi connectivity index (χ1n) is 7.37. The van der Waals surface area contributed by atoms with E-state index in [2.05, 4.69) is 5.32 Å². The van der Waals surface area contributed by atoms with Gasteiger partial charge < -0.3 is 10.4 Å². The number of halogens is 1. The molecule has 0 saturated carbocycles. The molecule has 1 unspecified atom stereocenters. The first-order chi connectivity index (χ1) is 11.1. The summed E-state index contributed by atoms with van der Waals surface area (Å²) < 4.78 is 13.7. The Bertz CT molecular complexity index is 649. The van der Waals surface area contributed by atoms with Gasteiger partial charge in [0.15, 0.2) is 0 Å². The van der Waals surface area contributed by atoms with E-state index in [0.29, 0.717) is 23.3 Å². The summed E-state index contributed by atoms with van der Waals surface area (Å²) in [5.74, 6) is -0.0957. The fourth-order valence-electron chi connectivity index (χ4n) is 2.31. The van der Waals surface area contributed by atoms with Crippen LogP contribution in [0, 0.1) is 5.82 Å². The van der Waals surface area contributed by atoms with Crippen molar-refractivity contribution in [1.29, 1.82) is 0 Å². The molecule has 0 aliphatic carbocycles. The van der Waals surface area contributed by atoms with Crippen molar-refractivity contribution in [3.8, 4) is 0 Å². The van der Waals surface area contributed by atoms with Gasteiger partial charge in [-0.1, -0.05) is 30.3 Å². The van der Waals surface area contributed by atoms with Gasteiger partial charge in [-0.25, -0.2) is 4.39 Å². The first-order valence-corrected chi connectivity index (χ1v) is 8.76. The van der Waals surface area contributed by atoms with E-state index in [1.165, 1.54) is 23.9 Å². The Labute approximate surface area is 139 Å². The van der Waals surface area contributed by atoms with Crippen molar-refractivity contribution in [3.05, 3.63) is 71.0 Å². The van der Waals surface area contributed by atoms with Gasteiger partial charge in [-0.2, -0.15) is 11.8 Å². The van der Waals surface area contributed by atoms with Crippen LogP contribution in [0.4, 0.5) is 4.39 Å². The monoisotopic (exact) mass is 333 g/mol. The number of thioether (sulfide) groups is 1. The molecule has 0 saturated heterocycles. The predicted octanol–water partition coefficient (Wildman–Crippen LogP) is 3.02. The number of rotatable bonds is 7. The highest BCUT2D eigenvalue weighted by Crippen LogP contribution is 2.16. The zero-order valence-corrected chi connectivity index (χ0v) is 13.8. The van der Waals surface area contributed by atoms with Crippen molar-refractivity contribution in [2.45, 2.75) is 18.2 Å². The molecule has 0 heterocycles. The molecule has 1 amide bonds. The third-order valence-electron chi connectivity index (χ3n) is 3.49. The number of aliphatic hydroxyl groups excluding tert-OH is 1. The van der Waals surface area contributed by atoms with Crippen molar-refractivity contribution >= 4 is 17.7 Å². The van der Waals surface area contributed by atoms with Gasteiger partial charge in [0.1, 0.15) is 5.82 Å². The summed E-state index contributed by atoms with van der Waals surface area (Å²) in [6.07, 6.45) is 2.43. The number of aliphatic hydroxyl groups is 1. The molecular formula is C18H20FNO2S. The second-order valence-electron chi connectivity index (χ2n) is 5.28. The lowest BCUT2D eigenvalue weighted by atomic mass is 10.1. The third kappa shape index (κ3) is 5.08. The quantitative estimate of drug-likeness (QED) is 0.819. The van der Waals surface area contributed by atoms with Gasteiger partial charge in [-0.15, -0.1) is 0 Å². The largest absolute Gasteiger partial charge is 0.394 e. The van der Waals surface area contributed by atoms with E-state index in [-0.39, 0.29) is 24.4 Å². The van der Waals surface area contributed by atoms with Gasteiger partial charge in [-0.3, -0.25) is 4.79 Å². The van der Waals surface area contributed by atoms with Gasteiger partial charge in [-0.05, 0) is 42.0 Å². The minimum Gasteiger partial charge on any atom is -0.394 e. The Morgan fingerprint density at radius 2 is 2.00 bits per heavy atom. The Morgan fingerprint density at radius 1 is 1.26 bits per heavy atom. The molecule has 5 heteroatoms. The average Bonchev–Trinajstić information content (AvgIpc) is 2.57. The molecule has 0 spiro atoms. The van der Waals surface area contributed by atoms with E-state index in [4.69, 9.17) is 0 Å². The lowest BCUT2D eigenvalue weighted by Crippen LogP contribution is -2.39. The number of hydrogen-bond donors (Lipinski definition) is 2. The second-order valence-corrected chi connectivity index (χ2v) is 6.15. The Morgan fingerprint density at radius 3 is 2.65 bits per heavy atom. The normalized spacial score (nSPS) is 12.0. The molecule has 0 aromatic heterocycles. The fraction of sp³-hybridized carbons (Fsp3) is 0.278. The highest BCUT2D eigenvalue weighted by Gasteiger charge is 2.15. The molecule has 122 valence electrons. The van der Waals surface area contributed by atoms with Crippen molar-refractivity contribution in [2.24, 2.45) is 0 Å². The van der Waals surface area contributed by atoms with Crippen LogP contribution in [0.15, 0.2) is 48.5 Å². The van der Waals surface area contributed by atoms with Crippen LogP contribution in [0.5, 0.6) is 0 Å². The zero-order valence-electron chi connectivity index (χ0n) is 13.0.